The van der Waals surface area contributed by atoms with Crippen molar-refractivity contribution >= 4 is 103 Å². The number of Topliss-reactive ketones (excluding diaryl/α,β-unsaturated/α-hetero) is 1. The van der Waals surface area contributed by atoms with Crippen LogP contribution in [0.1, 0.15) is 26.8 Å². The van der Waals surface area contributed by atoms with E-state index in [0.29, 0.717) is 30.2 Å². The van der Waals surface area contributed by atoms with Crippen molar-refractivity contribution in [2.75, 3.05) is 5.32 Å². The topological polar surface area (TPSA) is 72.0 Å². The second kappa shape index (κ2) is 9.37. The highest BCUT2D eigenvalue weighted by molar-refractivity contribution is 9.11. The van der Waals surface area contributed by atoms with Crippen molar-refractivity contribution in [3.8, 4) is 0 Å². The average Bonchev–Trinajstić information content (AvgIpc) is 3.05. The molecular formula is C20H11BrCl5N3O2S. The second-order valence-corrected chi connectivity index (χ2v) is 12.1. The molecule has 0 spiro atoms. The van der Waals surface area contributed by atoms with Crippen molar-refractivity contribution in [3.05, 3.63) is 71.5 Å². The van der Waals surface area contributed by atoms with E-state index < -0.39 is 22.1 Å². The van der Waals surface area contributed by atoms with Crippen LogP contribution in [0.25, 0.3) is 0 Å². The summed E-state index contributed by atoms with van der Waals surface area (Å²) >= 11 is 35.6. The summed E-state index contributed by atoms with van der Waals surface area (Å²) in [5.74, 6) is -1.86. The number of aromatic nitrogens is 2. The number of alkyl halides is 2. The van der Waals surface area contributed by atoms with Gasteiger partial charge in [-0.1, -0.05) is 46.1 Å². The molecule has 1 fully saturated rings. The van der Waals surface area contributed by atoms with E-state index in [1.807, 2.05) is 0 Å². The number of amides is 1. The summed E-state index contributed by atoms with van der Waals surface area (Å²) in [6, 6.07) is 9.58. The van der Waals surface area contributed by atoms with E-state index in [1.165, 1.54) is 23.5 Å². The Balaban J connectivity index is 1.51. The Bertz CT molecular complexity index is 1220. The molecule has 0 saturated heterocycles. The zero-order valence-corrected chi connectivity index (χ0v) is 21.9. The highest BCUT2D eigenvalue weighted by Gasteiger charge is 2.67. The lowest BCUT2D eigenvalue weighted by Gasteiger charge is -2.09. The lowest BCUT2D eigenvalue weighted by atomic mass is 10.1. The molecule has 1 amide bonds. The summed E-state index contributed by atoms with van der Waals surface area (Å²) in [5.41, 5.74) is 1.32. The molecule has 2 unspecified atom stereocenters. The fraction of sp³-hybridized carbons (Fsp3) is 0.200. The smallest absolute Gasteiger partial charge is 0.231 e. The number of rotatable bonds is 6. The van der Waals surface area contributed by atoms with Gasteiger partial charge in [0.05, 0.1) is 17.4 Å². The lowest BCUT2D eigenvalue weighted by Crippen LogP contribution is -2.17. The summed E-state index contributed by atoms with van der Waals surface area (Å²) in [5, 5.41) is 12.2. The van der Waals surface area contributed by atoms with Gasteiger partial charge in [0.2, 0.25) is 5.91 Å². The molecule has 5 nitrogen and oxygen atoms in total. The molecule has 2 aromatic carbocycles. The molecule has 0 aliphatic heterocycles. The number of hydrogen-bond donors (Lipinski definition) is 1. The largest absolute Gasteiger partial charge is 0.326 e. The average molecular weight is 615 g/mol. The molecule has 0 radical (unpaired) electrons. The predicted octanol–water partition coefficient (Wildman–Crippen LogP) is 7.21. The molecule has 1 saturated carbocycles. The zero-order chi connectivity index (χ0) is 23.2. The maximum atomic E-state index is 12.9. The minimum Gasteiger partial charge on any atom is -0.326 e. The number of anilines is 1. The third-order valence-electron chi connectivity index (χ3n) is 4.87. The van der Waals surface area contributed by atoms with Crippen LogP contribution in [0.4, 0.5) is 5.69 Å². The molecule has 1 N–H and O–H groups in total. The Kier molecular flexibility index (Phi) is 7.09. The Morgan fingerprint density at radius 1 is 1.06 bits per heavy atom. The molecule has 1 aliphatic carbocycles. The molecular weight excluding hydrogens is 603 g/mol. The third-order valence-corrected chi connectivity index (χ3v) is 7.93. The number of halogens is 6. The number of nitrogens with one attached hydrogen (secondary N) is 1. The lowest BCUT2D eigenvalue weighted by molar-refractivity contribution is -0.117. The van der Waals surface area contributed by atoms with E-state index >= 15 is 0 Å². The van der Waals surface area contributed by atoms with E-state index in [9.17, 15) is 9.59 Å². The van der Waals surface area contributed by atoms with Crippen LogP contribution < -0.4 is 5.32 Å². The number of carbonyl (C=O) groups is 2. The van der Waals surface area contributed by atoms with Crippen LogP contribution in [0.2, 0.25) is 15.1 Å². The highest BCUT2D eigenvalue weighted by Crippen LogP contribution is 2.65. The molecule has 32 heavy (non-hydrogen) atoms. The Morgan fingerprint density at radius 2 is 1.75 bits per heavy atom. The number of benzene rings is 2. The summed E-state index contributed by atoms with van der Waals surface area (Å²) in [4.78, 5) is 25.6. The molecule has 0 bridgehead atoms. The van der Waals surface area contributed by atoms with E-state index in [4.69, 9.17) is 58.0 Å². The maximum Gasteiger partial charge on any atom is 0.231 e. The molecule has 2 atom stereocenters. The van der Waals surface area contributed by atoms with Gasteiger partial charge in [-0.3, -0.25) is 9.59 Å². The fourth-order valence-corrected chi connectivity index (χ4v) is 6.19. The number of nitrogens with zero attached hydrogens (tertiary/aromatic N) is 2. The van der Waals surface area contributed by atoms with Gasteiger partial charge in [0.1, 0.15) is 9.34 Å². The van der Waals surface area contributed by atoms with Gasteiger partial charge in [0, 0.05) is 27.2 Å². The van der Waals surface area contributed by atoms with Gasteiger partial charge in [0.25, 0.3) is 0 Å². The van der Waals surface area contributed by atoms with Gasteiger partial charge >= 0.3 is 0 Å². The van der Waals surface area contributed by atoms with Crippen molar-refractivity contribution < 1.29 is 9.59 Å². The van der Waals surface area contributed by atoms with Crippen LogP contribution in [-0.2, 0) is 11.2 Å². The molecule has 3 aromatic rings. The van der Waals surface area contributed by atoms with Crippen LogP contribution >= 0.6 is 85.3 Å². The van der Waals surface area contributed by atoms with Crippen molar-refractivity contribution in [3.63, 3.8) is 0 Å². The van der Waals surface area contributed by atoms with E-state index in [0.717, 1.165) is 0 Å². The van der Waals surface area contributed by atoms with Crippen LogP contribution in [0.15, 0.2) is 40.3 Å². The Hall–Kier alpha value is -0.930. The highest BCUT2D eigenvalue weighted by atomic mass is 79.9. The summed E-state index contributed by atoms with van der Waals surface area (Å²) in [6.45, 7) is 0. The van der Waals surface area contributed by atoms with Crippen LogP contribution in [0, 0.1) is 5.92 Å². The normalized spacial score (nSPS) is 18.9. The minimum atomic E-state index is -1.31. The van der Waals surface area contributed by atoms with E-state index in [-0.39, 0.29) is 22.8 Å². The van der Waals surface area contributed by atoms with Gasteiger partial charge in [-0.15, -0.1) is 33.4 Å². The predicted molar refractivity (Wildman–Crippen MR) is 133 cm³/mol. The molecule has 1 heterocycles. The second-order valence-electron chi connectivity index (χ2n) is 7.07. The van der Waals surface area contributed by atoms with E-state index in [2.05, 4.69) is 31.4 Å². The van der Waals surface area contributed by atoms with Gasteiger partial charge in [-0.2, -0.15) is 0 Å². The van der Waals surface area contributed by atoms with Crippen LogP contribution in [-0.4, -0.2) is 26.2 Å². The Morgan fingerprint density at radius 3 is 2.38 bits per heavy atom. The maximum absolute atomic E-state index is 12.9. The van der Waals surface area contributed by atoms with Crippen molar-refractivity contribution in [1.29, 1.82) is 0 Å². The number of hydrogen-bond acceptors (Lipinski definition) is 5. The zero-order valence-electron chi connectivity index (χ0n) is 15.7. The first kappa shape index (κ1) is 24.2. The summed E-state index contributed by atoms with van der Waals surface area (Å²) < 4.78 is -0.730. The molecule has 4 rings (SSSR count). The van der Waals surface area contributed by atoms with Gasteiger partial charge < -0.3 is 5.32 Å². The standard InChI is InChI=1S/C20H11BrCl5N3O2S/c21-19-29-28-15(32-19)7-14(30)12-6-11(1-2-13(12)24)27-18(31)17-16(20(17,25)26)8-3-9(22)5-10(23)4-8/h1-6,16-17H,7H2,(H,27,31). The van der Waals surface area contributed by atoms with Gasteiger partial charge in [-0.25, -0.2) is 0 Å². The Labute approximate surface area is 220 Å². The SMILES string of the molecule is O=C(Cc1nnc(Br)s1)c1cc(NC(=O)C2C(c3cc(Cl)cc(Cl)c3)C2(Cl)Cl)ccc1Cl. The summed E-state index contributed by atoms with van der Waals surface area (Å²) in [7, 11) is 0. The molecule has 1 aliphatic rings. The first-order valence-corrected chi connectivity index (χ1v) is 12.5. The summed E-state index contributed by atoms with van der Waals surface area (Å²) in [6.07, 6.45) is 0.0348. The fourth-order valence-electron chi connectivity index (χ4n) is 3.40. The van der Waals surface area contributed by atoms with Crippen LogP contribution in [0.3, 0.4) is 0 Å². The number of carbonyl (C=O) groups excluding carboxylic acids is 2. The monoisotopic (exact) mass is 611 g/mol. The quantitative estimate of drug-likeness (QED) is 0.235. The van der Waals surface area contributed by atoms with Gasteiger partial charge in [0.15, 0.2) is 9.70 Å². The molecule has 166 valence electrons. The minimum absolute atomic E-state index is 0.0348. The van der Waals surface area contributed by atoms with Gasteiger partial charge in [-0.05, 0) is 57.9 Å². The third kappa shape index (κ3) is 5.09. The van der Waals surface area contributed by atoms with Crippen molar-refractivity contribution in [2.24, 2.45) is 5.92 Å². The van der Waals surface area contributed by atoms with E-state index in [1.54, 1.807) is 24.3 Å². The van der Waals surface area contributed by atoms with Crippen molar-refractivity contribution in [2.45, 2.75) is 16.7 Å². The van der Waals surface area contributed by atoms with Crippen LogP contribution in [0.5, 0.6) is 0 Å². The first-order chi connectivity index (χ1) is 15.1. The molecule has 12 heteroatoms. The molecule has 1 aromatic heterocycles. The van der Waals surface area contributed by atoms with Crippen molar-refractivity contribution in [1.82, 2.24) is 10.2 Å². The first-order valence-electron chi connectivity index (χ1n) is 9.01. The number of ketones is 1.